The summed E-state index contributed by atoms with van der Waals surface area (Å²) >= 11 is 0. The normalized spacial score (nSPS) is 10.0. The third-order valence-electron chi connectivity index (χ3n) is 2.84. The van der Waals surface area contributed by atoms with Gasteiger partial charge in [0.2, 0.25) is 0 Å². The molecule has 2 N–H and O–H groups in total. The van der Waals surface area contributed by atoms with Gasteiger partial charge < -0.3 is 19.9 Å². The van der Waals surface area contributed by atoms with Crippen LogP contribution in [0.3, 0.4) is 0 Å². The molecule has 0 saturated carbocycles. The number of carbonyl (C=O) groups is 1. The van der Waals surface area contributed by atoms with Gasteiger partial charge in [-0.05, 0) is 0 Å². The number of aromatic carboxylic acids is 1. The molecule has 21 heavy (non-hydrogen) atoms. The van der Waals surface area contributed by atoms with Crippen LogP contribution in [0.2, 0.25) is 0 Å². The van der Waals surface area contributed by atoms with E-state index in [2.05, 4.69) is 15.3 Å². The van der Waals surface area contributed by atoms with E-state index in [0.29, 0.717) is 17.2 Å². The maximum Gasteiger partial charge on any atom is 0.339 e. The molecule has 7 nitrogen and oxygen atoms in total. The summed E-state index contributed by atoms with van der Waals surface area (Å²) in [4.78, 5) is 18.8. The number of ether oxygens (including phenoxy) is 2. The third kappa shape index (κ3) is 3.59. The maximum absolute atomic E-state index is 11.1. The van der Waals surface area contributed by atoms with Crippen LogP contribution in [-0.2, 0) is 6.54 Å². The largest absolute Gasteiger partial charge is 0.497 e. The molecule has 1 heterocycles. The fraction of sp³-hybridized carbons (Fsp3) is 0.214. The summed E-state index contributed by atoms with van der Waals surface area (Å²) < 4.78 is 10.3. The Kier molecular flexibility index (Phi) is 4.55. The molecule has 0 radical (unpaired) electrons. The fourth-order valence-corrected chi connectivity index (χ4v) is 1.77. The fourth-order valence-electron chi connectivity index (χ4n) is 1.77. The lowest BCUT2D eigenvalue weighted by Gasteiger charge is -2.11. The molecular weight excluding hydrogens is 274 g/mol. The number of nitrogens with zero attached hydrogens (tertiary/aromatic N) is 2. The van der Waals surface area contributed by atoms with E-state index in [-0.39, 0.29) is 12.1 Å². The van der Waals surface area contributed by atoms with Gasteiger partial charge in [-0.2, -0.15) is 0 Å². The van der Waals surface area contributed by atoms with Crippen molar-refractivity contribution in [2.75, 3.05) is 19.5 Å². The molecule has 0 aliphatic rings. The third-order valence-corrected chi connectivity index (χ3v) is 2.84. The van der Waals surface area contributed by atoms with E-state index in [4.69, 9.17) is 14.6 Å². The Bertz CT molecular complexity index is 624. The molecule has 0 aliphatic carbocycles. The second-order valence-electron chi connectivity index (χ2n) is 4.14. The van der Waals surface area contributed by atoms with Crippen LogP contribution in [0, 0.1) is 0 Å². The van der Waals surface area contributed by atoms with Gasteiger partial charge in [0.15, 0.2) is 0 Å². The number of benzene rings is 1. The van der Waals surface area contributed by atoms with Crippen molar-refractivity contribution >= 4 is 11.7 Å². The monoisotopic (exact) mass is 289 g/mol. The average molecular weight is 289 g/mol. The Morgan fingerprint density at radius 1 is 1.24 bits per heavy atom. The molecular formula is C14H15N3O4. The molecule has 7 heteroatoms. The molecule has 110 valence electrons. The van der Waals surface area contributed by atoms with Gasteiger partial charge in [0.05, 0.1) is 26.5 Å². The second kappa shape index (κ2) is 6.56. The van der Waals surface area contributed by atoms with Crippen molar-refractivity contribution in [2.24, 2.45) is 0 Å². The van der Waals surface area contributed by atoms with Crippen LogP contribution < -0.4 is 14.8 Å². The van der Waals surface area contributed by atoms with E-state index in [1.165, 1.54) is 12.5 Å². The number of methoxy groups -OCH3 is 2. The lowest BCUT2D eigenvalue weighted by atomic mass is 10.2. The molecule has 0 fully saturated rings. The molecule has 0 unspecified atom stereocenters. The summed E-state index contributed by atoms with van der Waals surface area (Å²) in [5.41, 5.74) is 1.21. The second-order valence-corrected chi connectivity index (χ2v) is 4.14. The highest BCUT2D eigenvalue weighted by atomic mass is 16.5. The number of anilines is 1. The molecule has 0 bridgehead atoms. The summed E-state index contributed by atoms with van der Waals surface area (Å²) in [6.45, 7) is 0.250. The predicted molar refractivity (Wildman–Crippen MR) is 75.9 cm³/mol. The van der Waals surface area contributed by atoms with Gasteiger partial charge in [0, 0.05) is 30.1 Å². The van der Waals surface area contributed by atoms with E-state index in [0.717, 1.165) is 5.69 Å². The van der Waals surface area contributed by atoms with Gasteiger partial charge in [-0.3, -0.25) is 0 Å². The van der Waals surface area contributed by atoms with Crippen molar-refractivity contribution < 1.29 is 19.4 Å². The molecule has 0 saturated heterocycles. The Balaban J connectivity index is 2.18. The van der Waals surface area contributed by atoms with Gasteiger partial charge >= 0.3 is 5.97 Å². The topological polar surface area (TPSA) is 93.6 Å². The molecule has 0 spiro atoms. The lowest BCUT2D eigenvalue weighted by Crippen LogP contribution is -2.10. The highest BCUT2D eigenvalue weighted by molar-refractivity contribution is 5.88. The van der Waals surface area contributed by atoms with Crippen LogP contribution in [0.4, 0.5) is 5.69 Å². The van der Waals surface area contributed by atoms with Gasteiger partial charge in [-0.25, -0.2) is 14.8 Å². The van der Waals surface area contributed by atoms with Crippen molar-refractivity contribution in [3.63, 3.8) is 0 Å². The van der Waals surface area contributed by atoms with Crippen molar-refractivity contribution in [1.82, 2.24) is 9.97 Å². The Labute approximate surface area is 121 Å². The minimum atomic E-state index is -1.06. The average Bonchev–Trinajstić information content (AvgIpc) is 2.52. The standard InChI is InChI=1S/C14H15N3O4/c1-20-10-3-9(4-11(5-10)21-2)16-7-13-12(14(18)19)6-15-8-17-13/h3-6,8,16H,7H2,1-2H3,(H,18,19). The molecule has 1 aromatic heterocycles. The van der Waals surface area contributed by atoms with Crippen molar-refractivity contribution in [2.45, 2.75) is 6.54 Å². The van der Waals surface area contributed by atoms with Crippen LogP contribution in [-0.4, -0.2) is 35.3 Å². The summed E-state index contributed by atoms with van der Waals surface area (Å²) in [6.07, 6.45) is 2.59. The van der Waals surface area contributed by atoms with Crippen LogP contribution in [0.15, 0.2) is 30.7 Å². The number of carboxylic acids is 1. The number of hydrogen-bond donors (Lipinski definition) is 2. The zero-order valence-corrected chi connectivity index (χ0v) is 11.7. The molecule has 2 aromatic rings. The number of carboxylic acid groups (broad SMARTS) is 1. The number of nitrogens with one attached hydrogen (secondary N) is 1. The van der Waals surface area contributed by atoms with Gasteiger partial charge in [0.25, 0.3) is 0 Å². The van der Waals surface area contributed by atoms with E-state index in [9.17, 15) is 4.79 Å². The summed E-state index contributed by atoms with van der Waals surface area (Å²) in [5.74, 6) is 0.214. The summed E-state index contributed by atoms with van der Waals surface area (Å²) in [7, 11) is 3.12. The van der Waals surface area contributed by atoms with Gasteiger partial charge in [-0.15, -0.1) is 0 Å². The number of rotatable bonds is 6. The van der Waals surface area contributed by atoms with Crippen molar-refractivity contribution in [3.8, 4) is 11.5 Å². The van der Waals surface area contributed by atoms with Crippen LogP contribution in [0.25, 0.3) is 0 Å². The smallest absolute Gasteiger partial charge is 0.339 e. The summed E-state index contributed by atoms with van der Waals surface area (Å²) in [6, 6.07) is 5.31. The molecule has 0 atom stereocenters. The summed E-state index contributed by atoms with van der Waals surface area (Å²) in [5, 5.41) is 12.2. The maximum atomic E-state index is 11.1. The minimum absolute atomic E-state index is 0.0693. The number of hydrogen-bond acceptors (Lipinski definition) is 6. The minimum Gasteiger partial charge on any atom is -0.497 e. The van der Waals surface area contributed by atoms with Crippen molar-refractivity contribution in [3.05, 3.63) is 42.0 Å². The molecule has 1 aromatic carbocycles. The highest BCUT2D eigenvalue weighted by Gasteiger charge is 2.11. The molecule has 0 aliphatic heterocycles. The van der Waals surface area contributed by atoms with E-state index in [1.807, 2.05) is 0 Å². The predicted octanol–water partition coefficient (Wildman–Crippen LogP) is 1.80. The zero-order chi connectivity index (χ0) is 15.2. The van der Waals surface area contributed by atoms with Crippen LogP contribution >= 0.6 is 0 Å². The first kappa shape index (κ1) is 14.6. The first-order valence-corrected chi connectivity index (χ1v) is 6.13. The Morgan fingerprint density at radius 2 is 1.90 bits per heavy atom. The SMILES string of the molecule is COc1cc(NCc2ncncc2C(=O)O)cc(OC)c1. The van der Waals surface area contributed by atoms with Gasteiger partial charge in [-0.1, -0.05) is 0 Å². The molecule has 2 rings (SSSR count). The van der Waals surface area contributed by atoms with E-state index >= 15 is 0 Å². The van der Waals surface area contributed by atoms with E-state index < -0.39 is 5.97 Å². The van der Waals surface area contributed by atoms with Crippen molar-refractivity contribution in [1.29, 1.82) is 0 Å². The molecule has 0 amide bonds. The van der Waals surface area contributed by atoms with Gasteiger partial charge in [0.1, 0.15) is 23.4 Å². The zero-order valence-electron chi connectivity index (χ0n) is 11.7. The first-order chi connectivity index (χ1) is 10.1. The number of aromatic nitrogens is 2. The Hall–Kier alpha value is -2.83. The van der Waals surface area contributed by atoms with Crippen LogP contribution in [0.5, 0.6) is 11.5 Å². The lowest BCUT2D eigenvalue weighted by molar-refractivity contribution is 0.0694. The first-order valence-electron chi connectivity index (χ1n) is 6.13. The highest BCUT2D eigenvalue weighted by Crippen LogP contribution is 2.26. The van der Waals surface area contributed by atoms with E-state index in [1.54, 1.807) is 32.4 Å². The van der Waals surface area contributed by atoms with Crippen LogP contribution in [0.1, 0.15) is 16.1 Å². The Morgan fingerprint density at radius 3 is 2.48 bits per heavy atom. The quantitative estimate of drug-likeness (QED) is 0.837.